The average Bonchev–Trinajstić information content (AvgIpc) is 3.19. The smallest absolute Gasteiger partial charge is 0.261 e. The summed E-state index contributed by atoms with van der Waals surface area (Å²) in [6.45, 7) is 0.126. The zero-order chi connectivity index (χ0) is 15.8. The summed E-state index contributed by atoms with van der Waals surface area (Å²) in [6, 6.07) is 10.8. The minimum atomic E-state index is -0.279. The number of rotatable bonds is 3. The summed E-state index contributed by atoms with van der Waals surface area (Å²) in [5, 5.41) is 3.33. The minimum absolute atomic E-state index is 0.126. The topological polar surface area (TPSA) is 69.7 Å². The SMILES string of the molecule is COc1ccc2nc(NC(=O)c3cccc4c3OCO4)sc2c1. The molecule has 23 heavy (non-hydrogen) atoms. The second-order valence-corrected chi connectivity index (χ2v) is 5.88. The fourth-order valence-corrected chi connectivity index (χ4v) is 3.25. The van der Waals surface area contributed by atoms with Crippen LogP contribution in [0.5, 0.6) is 17.2 Å². The number of methoxy groups -OCH3 is 1. The predicted octanol–water partition coefficient (Wildman–Crippen LogP) is 3.29. The van der Waals surface area contributed by atoms with Crippen LogP contribution in [-0.2, 0) is 0 Å². The zero-order valence-electron chi connectivity index (χ0n) is 12.2. The molecule has 0 fully saturated rings. The molecule has 116 valence electrons. The van der Waals surface area contributed by atoms with Crippen LogP contribution >= 0.6 is 11.3 Å². The highest BCUT2D eigenvalue weighted by Crippen LogP contribution is 2.36. The number of hydrogen-bond acceptors (Lipinski definition) is 6. The first-order chi connectivity index (χ1) is 11.2. The van der Waals surface area contributed by atoms with Gasteiger partial charge in [-0.15, -0.1) is 0 Å². The molecule has 1 amide bonds. The van der Waals surface area contributed by atoms with Crippen LogP contribution in [0.3, 0.4) is 0 Å². The van der Waals surface area contributed by atoms with Gasteiger partial charge in [0.25, 0.3) is 5.91 Å². The Labute approximate surface area is 135 Å². The molecule has 0 saturated carbocycles. The molecule has 6 nitrogen and oxygen atoms in total. The molecule has 1 N–H and O–H groups in total. The summed E-state index contributed by atoms with van der Waals surface area (Å²) >= 11 is 1.39. The van der Waals surface area contributed by atoms with Crippen molar-refractivity contribution in [2.45, 2.75) is 0 Å². The lowest BCUT2D eigenvalue weighted by molar-refractivity contribution is 0.102. The molecule has 1 aliphatic rings. The van der Waals surface area contributed by atoms with Gasteiger partial charge in [-0.25, -0.2) is 4.98 Å². The number of nitrogens with zero attached hydrogens (tertiary/aromatic N) is 1. The van der Waals surface area contributed by atoms with Crippen molar-refractivity contribution < 1.29 is 19.0 Å². The van der Waals surface area contributed by atoms with E-state index in [2.05, 4.69) is 10.3 Å². The number of fused-ring (bicyclic) bond motifs is 2. The van der Waals surface area contributed by atoms with Gasteiger partial charge in [-0.3, -0.25) is 10.1 Å². The highest BCUT2D eigenvalue weighted by Gasteiger charge is 2.22. The van der Waals surface area contributed by atoms with Crippen molar-refractivity contribution in [3.8, 4) is 17.2 Å². The molecule has 2 heterocycles. The molecule has 1 aliphatic heterocycles. The van der Waals surface area contributed by atoms with Crippen LogP contribution in [0.25, 0.3) is 10.2 Å². The first kappa shape index (κ1) is 13.8. The fourth-order valence-electron chi connectivity index (χ4n) is 2.36. The van der Waals surface area contributed by atoms with Crippen molar-refractivity contribution in [1.29, 1.82) is 0 Å². The average molecular weight is 328 g/mol. The molecule has 7 heteroatoms. The second-order valence-electron chi connectivity index (χ2n) is 4.85. The van der Waals surface area contributed by atoms with Gasteiger partial charge < -0.3 is 14.2 Å². The van der Waals surface area contributed by atoms with Gasteiger partial charge >= 0.3 is 0 Å². The van der Waals surface area contributed by atoms with Gasteiger partial charge in [0.1, 0.15) is 5.75 Å². The Kier molecular flexibility index (Phi) is 3.27. The van der Waals surface area contributed by atoms with Crippen LogP contribution in [0.1, 0.15) is 10.4 Å². The molecule has 0 atom stereocenters. The molecule has 0 unspecified atom stereocenters. The number of benzene rings is 2. The second kappa shape index (κ2) is 5.44. The van der Waals surface area contributed by atoms with Gasteiger partial charge in [0.2, 0.25) is 6.79 Å². The van der Waals surface area contributed by atoms with Crippen molar-refractivity contribution in [3.63, 3.8) is 0 Å². The zero-order valence-corrected chi connectivity index (χ0v) is 13.0. The van der Waals surface area contributed by atoms with Gasteiger partial charge in [-0.1, -0.05) is 17.4 Å². The van der Waals surface area contributed by atoms with Gasteiger partial charge in [0.15, 0.2) is 16.6 Å². The number of carbonyl (C=O) groups excluding carboxylic acids is 1. The monoisotopic (exact) mass is 328 g/mol. The maximum absolute atomic E-state index is 12.5. The number of carbonyl (C=O) groups is 1. The van der Waals surface area contributed by atoms with Crippen LogP contribution in [0.4, 0.5) is 5.13 Å². The summed E-state index contributed by atoms with van der Waals surface area (Å²) in [6.07, 6.45) is 0. The summed E-state index contributed by atoms with van der Waals surface area (Å²) in [5.41, 5.74) is 1.24. The van der Waals surface area contributed by atoms with Crippen LogP contribution in [0.15, 0.2) is 36.4 Å². The standard InChI is InChI=1S/C16H12N2O4S/c1-20-9-5-6-11-13(7-9)23-16(17-11)18-15(19)10-3-2-4-12-14(10)22-8-21-12/h2-7H,8H2,1H3,(H,17,18,19). The van der Waals surface area contributed by atoms with Gasteiger partial charge in [-0.2, -0.15) is 0 Å². The molecule has 0 bridgehead atoms. The van der Waals surface area contributed by atoms with E-state index in [1.807, 2.05) is 18.2 Å². The highest BCUT2D eigenvalue weighted by molar-refractivity contribution is 7.22. The highest BCUT2D eigenvalue weighted by atomic mass is 32.1. The van der Waals surface area contributed by atoms with E-state index in [1.54, 1.807) is 25.3 Å². The number of aromatic nitrogens is 1. The van der Waals surface area contributed by atoms with E-state index in [4.69, 9.17) is 14.2 Å². The van der Waals surface area contributed by atoms with E-state index in [-0.39, 0.29) is 12.7 Å². The number of ether oxygens (including phenoxy) is 3. The first-order valence-electron chi connectivity index (χ1n) is 6.89. The molecule has 0 saturated heterocycles. The van der Waals surface area contributed by atoms with Crippen LogP contribution in [0.2, 0.25) is 0 Å². The Morgan fingerprint density at radius 3 is 3.09 bits per heavy atom. The van der Waals surface area contributed by atoms with E-state index in [9.17, 15) is 4.79 Å². The molecule has 2 aromatic carbocycles. The predicted molar refractivity (Wildman–Crippen MR) is 86.7 cm³/mol. The summed E-state index contributed by atoms with van der Waals surface area (Å²) in [7, 11) is 1.61. The molecule has 0 radical (unpaired) electrons. The van der Waals surface area contributed by atoms with E-state index in [1.165, 1.54) is 11.3 Å². The Morgan fingerprint density at radius 2 is 2.22 bits per heavy atom. The maximum atomic E-state index is 12.5. The number of hydrogen-bond donors (Lipinski definition) is 1. The van der Waals surface area contributed by atoms with Crippen molar-refractivity contribution >= 4 is 32.6 Å². The van der Waals surface area contributed by atoms with Crippen molar-refractivity contribution in [2.75, 3.05) is 19.2 Å². The third kappa shape index (κ3) is 2.44. The van der Waals surface area contributed by atoms with Crippen molar-refractivity contribution in [1.82, 2.24) is 4.98 Å². The molecular formula is C16H12N2O4S. The lowest BCUT2D eigenvalue weighted by Gasteiger charge is -2.04. The largest absolute Gasteiger partial charge is 0.497 e. The summed E-state index contributed by atoms with van der Waals surface area (Å²) < 4.78 is 16.8. The lowest BCUT2D eigenvalue weighted by Crippen LogP contribution is -2.12. The molecule has 1 aromatic heterocycles. The van der Waals surface area contributed by atoms with Gasteiger partial charge in [0.05, 0.1) is 22.9 Å². The Bertz CT molecular complexity index is 906. The first-order valence-corrected chi connectivity index (χ1v) is 7.71. The minimum Gasteiger partial charge on any atom is -0.497 e. The molecule has 0 aliphatic carbocycles. The lowest BCUT2D eigenvalue weighted by atomic mass is 10.2. The number of amides is 1. The Morgan fingerprint density at radius 1 is 1.30 bits per heavy atom. The Hall–Kier alpha value is -2.80. The Balaban J connectivity index is 1.63. The molecule has 3 aromatic rings. The number of nitrogens with one attached hydrogen (secondary N) is 1. The molecule has 0 spiro atoms. The molecular weight excluding hydrogens is 316 g/mol. The van der Waals surface area contributed by atoms with Crippen molar-refractivity contribution in [2.24, 2.45) is 0 Å². The van der Waals surface area contributed by atoms with E-state index >= 15 is 0 Å². The van der Waals surface area contributed by atoms with E-state index in [0.717, 1.165) is 16.0 Å². The van der Waals surface area contributed by atoms with Crippen LogP contribution in [0, 0.1) is 0 Å². The van der Waals surface area contributed by atoms with Gasteiger partial charge in [-0.05, 0) is 30.3 Å². The quantitative estimate of drug-likeness (QED) is 0.799. The summed E-state index contributed by atoms with van der Waals surface area (Å²) in [4.78, 5) is 16.9. The number of para-hydroxylation sites is 1. The van der Waals surface area contributed by atoms with Gasteiger partial charge in [0, 0.05) is 0 Å². The fraction of sp³-hybridized carbons (Fsp3) is 0.125. The van der Waals surface area contributed by atoms with E-state index in [0.29, 0.717) is 22.2 Å². The van der Waals surface area contributed by atoms with Crippen molar-refractivity contribution in [3.05, 3.63) is 42.0 Å². The number of anilines is 1. The van der Waals surface area contributed by atoms with Crippen LogP contribution in [-0.4, -0.2) is 24.8 Å². The third-order valence-corrected chi connectivity index (χ3v) is 4.39. The van der Waals surface area contributed by atoms with Crippen LogP contribution < -0.4 is 19.5 Å². The number of thiazole rings is 1. The normalized spacial score (nSPS) is 12.4. The third-order valence-electron chi connectivity index (χ3n) is 3.46. The van der Waals surface area contributed by atoms with E-state index < -0.39 is 0 Å². The molecule has 4 rings (SSSR count). The summed E-state index contributed by atoms with van der Waals surface area (Å²) in [5.74, 6) is 1.52. The maximum Gasteiger partial charge on any atom is 0.261 e.